The van der Waals surface area contributed by atoms with Crippen LogP contribution >= 0.6 is 0 Å². The third kappa shape index (κ3) is 1.08. The average molecular weight is 199 g/mol. The van der Waals surface area contributed by atoms with Gasteiger partial charge in [0.15, 0.2) is 0 Å². The SMILES string of the molecule is C=C[C@H]1C[C@@H]2Cc3ccccc3N2C1=O. The van der Waals surface area contributed by atoms with E-state index in [0.29, 0.717) is 6.04 Å². The van der Waals surface area contributed by atoms with Crippen molar-refractivity contribution in [2.75, 3.05) is 4.90 Å². The van der Waals surface area contributed by atoms with E-state index in [-0.39, 0.29) is 11.8 Å². The largest absolute Gasteiger partial charge is 0.308 e. The van der Waals surface area contributed by atoms with Crippen LogP contribution < -0.4 is 4.90 Å². The van der Waals surface area contributed by atoms with E-state index < -0.39 is 0 Å². The molecule has 0 spiro atoms. The van der Waals surface area contributed by atoms with Gasteiger partial charge in [0.05, 0.1) is 5.92 Å². The summed E-state index contributed by atoms with van der Waals surface area (Å²) in [4.78, 5) is 14.0. The number of benzene rings is 1. The van der Waals surface area contributed by atoms with E-state index in [1.807, 2.05) is 23.1 Å². The molecule has 1 saturated heterocycles. The van der Waals surface area contributed by atoms with Crippen molar-refractivity contribution in [2.24, 2.45) is 5.92 Å². The van der Waals surface area contributed by atoms with Gasteiger partial charge in [0.1, 0.15) is 0 Å². The van der Waals surface area contributed by atoms with Crippen LogP contribution in [0.4, 0.5) is 5.69 Å². The van der Waals surface area contributed by atoms with Crippen LogP contribution in [0.2, 0.25) is 0 Å². The molecule has 2 atom stereocenters. The number of carbonyl (C=O) groups is 1. The maximum absolute atomic E-state index is 12.0. The van der Waals surface area contributed by atoms with Crippen molar-refractivity contribution in [2.45, 2.75) is 18.9 Å². The van der Waals surface area contributed by atoms with Gasteiger partial charge in [0.25, 0.3) is 0 Å². The third-order valence-electron chi connectivity index (χ3n) is 3.44. The van der Waals surface area contributed by atoms with Gasteiger partial charge in [-0.3, -0.25) is 4.79 Å². The van der Waals surface area contributed by atoms with Gasteiger partial charge in [0, 0.05) is 11.7 Å². The van der Waals surface area contributed by atoms with E-state index >= 15 is 0 Å². The van der Waals surface area contributed by atoms with Crippen molar-refractivity contribution in [3.8, 4) is 0 Å². The van der Waals surface area contributed by atoms with Crippen molar-refractivity contribution >= 4 is 11.6 Å². The number of para-hydroxylation sites is 1. The summed E-state index contributed by atoms with van der Waals surface area (Å²) in [5.41, 5.74) is 2.41. The Labute approximate surface area is 89.2 Å². The zero-order valence-corrected chi connectivity index (χ0v) is 8.52. The first-order chi connectivity index (χ1) is 7.31. The third-order valence-corrected chi connectivity index (χ3v) is 3.44. The molecule has 0 saturated carbocycles. The van der Waals surface area contributed by atoms with Crippen molar-refractivity contribution < 1.29 is 4.79 Å². The Hall–Kier alpha value is -1.57. The fraction of sp³-hybridized carbons (Fsp3) is 0.308. The quantitative estimate of drug-likeness (QED) is 0.635. The van der Waals surface area contributed by atoms with Crippen LogP contribution in [0.15, 0.2) is 36.9 Å². The molecular weight excluding hydrogens is 186 g/mol. The molecule has 0 radical (unpaired) electrons. The fourth-order valence-corrected chi connectivity index (χ4v) is 2.72. The molecule has 1 aromatic rings. The van der Waals surface area contributed by atoms with Crippen LogP contribution in [0.5, 0.6) is 0 Å². The highest BCUT2D eigenvalue weighted by Crippen LogP contribution is 2.40. The van der Waals surface area contributed by atoms with Gasteiger partial charge in [0.2, 0.25) is 5.91 Å². The molecule has 0 aromatic heterocycles. The summed E-state index contributed by atoms with van der Waals surface area (Å²) in [6.07, 6.45) is 3.71. The minimum atomic E-state index is 0.0309. The summed E-state index contributed by atoms with van der Waals surface area (Å²) < 4.78 is 0. The predicted octanol–water partition coefficient (Wildman–Crippen LogP) is 2.15. The first-order valence-corrected chi connectivity index (χ1v) is 5.35. The molecule has 0 aliphatic carbocycles. The minimum absolute atomic E-state index is 0.0309. The van der Waals surface area contributed by atoms with Gasteiger partial charge in [-0.1, -0.05) is 24.3 Å². The van der Waals surface area contributed by atoms with Crippen LogP contribution in [0.1, 0.15) is 12.0 Å². The lowest BCUT2D eigenvalue weighted by Gasteiger charge is -2.16. The Balaban J connectivity index is 2.05. The molecule has 2 aliphatic rings. The van der Waals surface area contributed by atoms with Gasteiger partial charge in [-0.15, -0.1) is 6.58 Å². The van der Waals surface area contributed by atoms with E-state index in [2.05, 4.69) is 12.6 Å². The number of nitrogens with zero attached hydrogens (tertiary/aromatic N) is 1. The molecule has 0 unspecified atom stereocenters. The Morgan fingerprint density at radius 3 is 3.00 bits per heavy atom. The first kappa shape index (κ1) is 8.72. The normalized spacial score (nSPS) is 27.7. The molecule has 1 amide bonds. The lowest BCUT2D eigenvalue weighted by molar-refractivity contribution is -0.119. The molecule has 15 heavy (non-hydrogen) atoms. The average Bonchev–Trinajstić information content (AvgIpc) is 2.75. The van der Waals surface area contributed by atoms with E-state index in [9.17, 15) is 4.79 Å². The summed E-state index contributed by atoms with van der Waals surface area (Å²) in [7, 11) is 0. The van der Waals surface area contributed by atoms with Gasteiger partial charge in [-0.25, -0.2) is 0 Å². The smallest absolute Gasteiger partial charge is 0.234 e. The lowest BCUT2D eigenvalue weighted by Crippen LogP contribution is -2.29. The van der Waals surface area contributed by atoms with Gasteiger partial charge in [-0.05, 0) is 24.5 Å². The van der Waals surface area contributed by atoms with E-state index in [1.54, 1.807) is 6.08 Å². The fourth-order valence-electron chi connectivity index (χ4n) is 2.72. The Morgan fingerprint density at radius 2 is 2.20 bits per heavy atom. The van der Waals surface area contributed by atoms with Gasteiger partial charge >= 0.3 is 0 Å². The van der Waals surface area contributed by atoms with Crippen molar-refractivity contribution in [1.82, 2.24) is 0 Å². The van der Waals surface area contributed by atoms with Crippen molar-refractivity contribution in [3.63, 3.8) is 0 Å². The molecule has 2 heterocycles. The number of carbonyl (C=O) groups excluding carboxylic acids is 1. The Kier molecular flexibility index (Phi) is 1.72. The van der Waals surface area contributed by atoms with Crippen LogP contribution in [-0.4, -0.2) is 11.9 Å². The highest BCUT2D eigenvalue weighted by molar-refractivity contribution is 6.01. The lowest BCUT2D eigenvalue weighted by atomic mass is 10.0. The van der Waals surface area contributed by atoms with E-state index in [0.717, 1.165) is 18.5 Å². The molecule has 2 heteroatoms. The standard InChI is InChI=1S/C13H13NO/c1-2-9-7-11-8-10-5-3-4-6-12(10)14(11)13(9)15/h2-6,9,11H,1,7-8H2/t9-,11+/m0/s1. The maximum Gasteiger partial charge on any atom is 0.234 e. The number of anilines is 1. The highest BCUT2D eigenvalue weighted by Gasteiger charge is 2.43. The highest BCUT2D eigenvalue weighted by atomic mass is 16.2. The van der Waals surface area contributed by atoms with E-state index in [1.165, 1.54) is 5.56 Å². The van der Waals surface area contributed by atoms with Gasteiger partial charge in [-0.2, -0.15) is 0 Å². The van der Waals surface area contributed by atoms with Crippen LogP contribution in [0, 0.1) is 5.92 Å². The van der Waals surface area contributed by atoms with Gasteiger partial charge < -0.3 is 4.90 Å². The number of amides is 1. The second kappa shape index (κ2) is 2.96. The minimum Gasteiger partial charge on any atom is -0.308 e. The molecule has 76 valence electrons. The second-order valence-corrected chi connectivity index (χ2v) is 4.27. The molecule has 2 aliphatic heterocycles. The zero-order chi connectivity index (χ0) is 10.4. The summed E-state index contributed by atoms with van der Waals surface area (Å²) in [5, 5.41) is 0. The van der Waals surface area contributed by atoms with Crippen LogP contribution in [0.3, 0.4) is 0 Å². The number of rotatable bonds is 1. The summed E-state index contributed by atoms with van der Waals surface area (Å²) >= 11 is 0. The maximum atomic E-state index is 12.0. The summed E-state index contributed by atoms with van der Waals surface area (Å²) in [6, 6.07) is 8.56. The first-order valence-electron chi connectivity index (χ1n) is 5.35. The number of fused-ring (bicyclic) bond motifs is 3. The topological polar surface area (TPSA) is 20.3 Å². The summed E-state index contributed by atoms with van der Waals surface area (Å²) in [5.74, 6) is 0.253. The number of hydrogen-bond acceptors (Lipinski definition) is 1. The Bertz CT molecular complexity index is 438. The molecular formula is C13H13NO. The van der Waals surface area contributed by atoms with Crippen LogP contribution in [0.25, 0.3) is 0 Å². The zero-order valence-electron chi connectivity index (χ0n) is 8.52. The molecule has 0 N–H and O–H groups in total. The van der Waals surface area contributed by atoms with Crippen molar-refractivity contribution in [1.29, 1.82) is 0 Å². The predicted molar refractivity (Wildman–Crippen MR) is 59.7 cm³/mol. The molecule has 2 nitrogen and oxygen atoms in total. The molecule has 0 bridgehead atoms. The molecule has 1 aromatic carbocycles. The second-order valence-electron chi connectivity index (χ2n) is 4.27. The Morgan fingerprint density at radius 1 is 1.40 bits per heavy atom. The summed E-state index contributed by atoms with van der Waals surface area (Å²) in [6.45, 7) is 3.73. The van der Waals surface area contributed by atoms with Crippen molar-refractivity contribution in [3.05, 3.63) is 42.5 Å². The number of hydrogen-bond donors (Lipinski definition) is 0. The molecule has 3 rings (SSSR count). The van der Waals surface area contributed by atoms with E-state index in [4.69, 9.17) is 0 Å². The molecule has 1 fully saturated rings. The van der Waals surface area contributed by atoms with Crippen LogP contribution in [-0.2, 0) is 11.2 Å². The monoisotopic (exact) mass is 199 g/mol.